The topological polar surface area (TPSA) is 77.7 Å². The van der Waals surface area contributed by atoms with Gasteiger partial charge in [-0.05, 0) is 37.3 Å². The fourth-order valence-electron chi connectivity index (χ4n) is 2.67. The molecule has 0 bridgehead atoms. The van der Waals surface area contributed by atoms with E-state index in [4.69, 9.17) is 14.0 Å². The molecule has 7 heteroatoms. The highest BCUT2D eigenvalue weighted by molar-refractivity contribution is 5.94. The van der Waals surface area contributed by atoms with E-state index >= 15 is 0 Å². The molecular weight excluding hydrogens is 346 g/mol. The number of nitrogens with zero attached hydrogens (tertiary/aromatic N) is 3. The number of hydrogen-bond acceptors (Lipinski definition) is 6. The first-order valence-corrected chi connectivity index (χ1v) is 8.55. The summed E-state index contributed by atoms with van der Waals surface area (Å²) in [5.41, 5.74) is 1.36. The first-order chi connectivity index (χ1) is 13.2. The van der Waals surface area contributed by atoms with Gasteiger partial charge in [-0.2, -0.15) is 4.98 Å². The molecule has 2 aromatic carbocycles. The van der Waals surface area contributed by atoms with Crippen LogP contribution in [0.5, 0.6) is 11.5 Å². The van der Waals surface area contributed by atoms with Gasteiger partial charge in [-0.25, -0.2) is 0 Å². The molecule has 0 aliphatic heterocycles. The molecule has 0 atom stereocenters. The minimum absolute atomic E-state index is 0.0797. The number of methoxy groups -OCH3 is 2. The van der Waals surface area contributed by atoms with E-state index in [1.165, 1.54) is 0 Å². The van der Waals surface area contributed by atoms with Crippen molar-refractivity contribution in [2.75, 3.05) is 20.8 Å². The number of benzene rings is 2. The van der Waals surface area contributed by atoms with E-state index in [1.807, 2.05) is 31.2 Å². The van der Waals surface area contributed by atoms with E-state index in [1.54, 1.807) is 43.4 Å². The van der Waals surface area contributed by atoms with Crippen LogP contribution in [0.25, 0.3) is 11.4 Å². The summed E-state index contributed by atoms with van der Waals surface area (Å²) in [5.74, 6) is 1.91. The second-order valence-corrected chi connectivity index (χ2v) is 5.77. The lowest BCUT2D eigenvalue weighted by Crippen LogP contribution is -2.30. The van der Waals surface area contributed by atoms with Crippen LogP contribution in [0, 0.1) is 0 Å². The number of aromatic nitrogens is 2. The average Bonchev–Trinajstić information content (AvgIpc) is 3.20. The van der Waals surface area contributed by atoms with E-state index in [0.29, 0.717) is 35.3 Å². The van der Waals surface area contributed by atoms with Crippen LogP contribution >= 0.6 is 0 Å². The van der Waals surface area contributed by atoms with Gasteiger partial charge in [-0.15, -0.1) is 0 Å². The third-order valence-electron chi connectivity index (χ3n) is 4.13. The summed E-state index contributed by atoms with van der Waals surface area (Å²) in [6, 6.07) is 14.5. The Morgan fingerprint density at radius 1 is 1.07 bits per heavy atom. The smallest absolute Gasteiger partial charge is 0.254 e. The first-order valence-electron chi connectivity index (χ1n) is 8.55. The van der Waals surface area contributed by atoms with Gasteiger partial charge >= 0.3 is 0 Å². The van der Waals surface area contributed by atoms with Gasteiger partial charge in [-0.3, -0.25) is 4.79 Å². The molecule has 0 spiro atoms. The molecule has 0 aliphatic rings. The minimum atomic E-state index is -0.0797. The molecule has 1 aromatic heterocycles. The van der Waals surface area contributed by atoms with Crippen LogP contribution < -0.4 is 9.47 Å². The molecule has 0 radical (unpaired) electrons. The van der Waals surface area contributed by atoms with Crippen molar-refractivity contribution in [2.24, 2.45) is 0 Å². The third kappa shape index (κ3) is 4.08. The Balaban J connectivity index is 1.78. The highest BCUT2D eigenvalue weighted by Crippen LogP contribution is 2.31. The molecule has 0 N–H and O–H groups in total. The van der Waals surface area contributed by atoms with Crippen LogP contribution in [0.3, 0.4) is 0 Å². The zero-order chi connectivity index (χ0) is 19.2. The Kier molecular flexibility index (Phi) is 5.71. The summed E-state index contributed by atoms with van der Waals surface area (Å²) >= 11 is 0. The van der Waals surface area contributed by atoms with Crippen molar-refractivity contribution in [1.29, 1.82) is 0 Å². The van der Waals surface area contributed by atoms with Crippen LogP contribution in [-0.2, 0) is 6.54 Å². The fourth-order valence-corrected chi connectivity index (χ4v) is 2.67. The lowest BCUT2D eigenvalue weighted by Gasteiger charge is -2.18. The van der Waals surface area contributed by atoms with E-state index < -0.39 is 0 Å². The van der Waals surface area contributed by atoms with Crippen molar-refractivity contribution in [3.8, 4) is 22.9 Å². The van der Waals surface area contributed by atoms with Gasteiger partial charge in [0, 0.05) is 17.7 Å². The molecule has 0 saturated heterocycles. The van der Waals surface area contributed by atoms with Crippen LogP contribution in [0.2, 0.25) is 0 Å². The summed E-state index contributed by atoms with van der Waals surface area (Å²) in [7, 11) is 3.14. The number of amides is 1. The Bertz CT molecular complexity index is 909. The van der Waals surface area contributed by atoms with Gasteiger partial charge in [0.05, 0.1) is 14.2 Å². The number of rotatable bonds is 7. The summed E-state index contributed by atoms with van der Waals surface area (Å²) in [6.07, 6.45) is 0. The lowest BCUT2D eigenvalue weighted by atomic mass is 10.2. The standard InChI is InChI=1S/C20H21N3O4/c1-4-23(20(24)14-8-6-5-7-9-14)13-18-21-19(22-27-18)15-10-11-16(25-2)17(12-15)26-3/h5-12H,4,13H2,1-3H3. The number of carbonyl (C=O) groups excluding carboxylic acids is 1. The van der Waals surface area contributed by atoms with E-state index in [2.05, 4.69) is 10.1 Å². The number of hydrogen-bond donors (Lipinski definition) is 0. The van der Waals surface area contributed by atoms with E-state index in [-0.39, 0.29) is 12.5 Å². The molecule has 7 nitrogen and oxygen atoms in total. The highest BCUT2D eigenvalue weighted by Gasteiger charge is 2.18. The highest BCUT2D eigenvalue weighted by atomic mass is 16.5. The fraction of sp³-hybridized carbons (Fsp3) is 0.250. The maximum absolute atomic E-state index is 12.6. The molecule has 3 aromatic rings. The van der Waals surface area contributed by atoms with E-state index in [0.717, 1.165) is 5.56 Å². The molecule has 27 heavy (non-hydrogen) atoms. The van der Waals surface area contributed by atoms with Crippen molar-refractivity contribution in [2.45, 2.75) is 13.5 Å². The Labute approximate surface area is 157 Å². The van der Waals surface area contributed by atoms with Gasteiger partial charge in [0.1, 0.15) is 6.54 Å². The predicted molar refractivity (Wildman–Crippen MR) is 99.7 cm³/mol. The molecule has 140 valence electrons. The Morgan fingerprint density at radius 3 is 2.48 bits per heavy atom. The monoisotopic (exact) mass is 367 g/mol. The Morgan fingerprint density at radius 2 is 1.81 bits per heavy atom. The van der Waals surface area contributed by atoms with Gasteiger partial charge in [0.2, 0.25) is 11.7 Å². The molecule has 1 heterocycles. The maximum atomic E-state index is 12.6. The molecule has 0 saturated carbocycles. The van der Waals surface area contributed by atoms with Crippen molar-refractivity contribution >= 4 is 5.91 Å². The number of carbonyl (C=O) groups is 1. The van der Waals surface area contributed by atoms with Gasteiger partial charge in [0.25, 0.3) is 5.91 Å². The summed E-state index contributed by atoms with van der Waals surface area (Å²) in [5, 5.41) is 4.02. The molecule has 3 rings (SSSR count). The second-order valence-electron chi connectivity index (χ2n) is 5.77. The molecule has 1 amide bonds. The quantitative estimate of drug-likeness (QED) is 0.637. The third-order valence-corrected chi connectivity index (χ3v) is 4.13. The second kappa shape index (κ2) is 8.35. The van der Waals surface area contributed by atoms with Crippen LogP contribution in [-0.4, -0.2) is 41.7 Å². The Hall–Kier alpha value is -3.35. The van der Waals surface area contributed by atoms with Crippen LogP contribution in [0.4, 0.5) is 0 Å². The first kappa shape index (κ1) is 18.4. The zero-order valence-corrected chi connectivity index (χ0v) is 15.5. The van der Waals surface area contributed by atoms with Gasteiger partial charge in [-0.1, -0.05) is 23.4 Å². The van der Waals surface area contributed by atoms with Gasteiger partial charge in [0.15, 0.2) is 11.5 Å². The summed E-state index contributed by atoms with van der Waals surface area (Å²) < 4.78 is 15.9. The minimum Gasteiger partial charge on any atom is -0.493 e. The SMILES string of the molecule is CCN(Cc1nc(-c2ccc(OC)c(OC)c2)no1)C(=O)c1ccccc1. The maximum Gasteiger partial charge on any atom is 0.254 e. The average molecular weight is 367 g/mol. The summed E-state index contributed by atoms with van der Waals surface area (Å²) in [4.78, 5) is 18.7. The van der Waals surface area contributed by atoms with Crippen LogP contribution in [0.15, 0.2) is 53.1 Å². The van der Waals surface area contributed by atoms with Gasteiger partial charge < -0.3 is 18.9 Å². The number of ether oxygens (including phenoxy) is 2. The van der Waals surface area contributed by atoms with Crippen molar-refractivity contribution in [3.05, 3.63) is 60.0 Å². The normalized spacial score (nSPS) is 10.5. The lowest BCUT2D eigenvalue weighted by molar-refractivity contribution is 0.0734. The van der Waals surface area contributed by atoms with Crippen LogP contribution in [0.1, 0.15) is 23.2 Å². The molecule has 0 aliphatic carbocycles. The molecule has 0 unspecified atom stereocenters. The summed E-state index contributed by atoms with van der Waals surface area (Å²) in [6.45, 7) is 2.68. The van der Waals surface area contributed by atoms with Crippen molar-refractivity contribution < 1.29 is 18.8 Å². The van der Waals surface area contributed by atoms with Crippen molar-refractivity contribution in [1.82, 2.24) is 15.0 Å². The van der Waals surface area contributed by atoms with Crippen molar-refractivity contribution in [3.63, 3.8) is 0 Å². The largest absolute Gasteiger partial charge is 0.493 e. The molecule has 0 fully saturated rings. The zero-order valence-electron chi connectivity index (χ0n) is 15.5. The predicted octanol–water partition coefficient (Wildman–Crippen LogP) is 3.42. The molecular formula is C20H21N3O4. The van der Waals surface area contributed by atoms with E-state index in [9.17, 15) is 4.79 Å².